The summed E-state index contributed by atoms with van der Waals surface area (Å²) in [5.41, 5.74) is 2.29. The maximum absolute atomic E-state index is 13.7. The lowest BCUT2D eigenvalue weighted by atomic mass is 9.86. The molecule has 0 amide bonds. The number of nitrogens with one attached hydrogen (secondary N) is 2. The summed E-state index contributed by atoms with van der Waals surface area (Å²) in [5.74, 6) is -0.0474. The minimum absolute atomic E-state index is 0. The molecule has 15 heteroatoms. The van der Waals surface area contributed by atoms with Crippen molar-refractivity contribution in [3.05, 3.63) is 112 Å². The van der Waals surface area contributed by atoms with Crippen molar-refractivity contribution >= 4 is 40.8 Å². The van der Waals surface area contributed by atoms with Gasteiger partial charge in [-0.1, -0.05) is 65.7 Å². The van der Waals surface area contributed by atoms with Crippen molar-refractivity contribution in [3.63, 3.8) is 0 Å². The number of fused-ring (bicyclic) bond motifs is 3. The number of benzene rings is 3. The van der Waals surface area contributed by atoms with Gasteiger partial charge in [-0.2, -0.15) is 8.78 Å². The Balaban J connectivity index is 0.00000532. The molecule has 56 heavy (non-hydrogen) atoms. The first-order chi connectivity index (χ1) is 26.7. The molecule has 4 heterocycles. The molecule has 8 rings (SSSR count). The van der Waals surface area contributed by atoms with Crippen LogP contribution in [0, 0.1) is 11.8 Å². The molecule has 0 radical (unpaired) electrons. The highest BCUT2D eigenvalue weighted by molar-refractivity contribution is 6.35. The van der Waals surface area contributed by atoms with E-state index in [9.17, 15) is 18.4 Å². The Morgan fingerprint density at radius 1 is 0.875 bits per heavy atom. The van der Waals surface area contributed by atoms with Crippen LogP contribution < -0.4 is 24.5 Å². The molecule has 1 aromatic heterocycles. The number of halogens is 4. The molecule has 3 atom stereocenters. The van der Waals surface area contributed by atoms with Crippen molar-refractivity contribution in [3.8, 4) is 17.2 Å². The molecule has 3 aliphatic heterocycles. The molecular formula is C41H43Cl2F2N3O8. The maximum Gasteiger partial charge on any atom is 0.387 e. The number of aromatic nitrogens is 1. The highest BCUT2D eigenvalue weighted by atomic mass is 35.5. The number of ether oxygens (including phenoxy) is 5. The Morgan fingerprint density at radius 2 is 1.62 bits per heavy atom. The molecule has 3 N–H and O–H groups in total. The normalized spacial score (nSPS) is 19.6. The average molecular weight is 815 g/mol. The van der Waals surface area contributed by atoms with Crippen molar-refractivity contribution in [2.24, 2.45) is 11.8 Å². The summed E-state index contributed by atoms with van der Waals surface area (Å²) in [5, 5.41) is 3.95. The van der Waals surface area contributed by atoms with Crippen LogP contribution in [0.1, 0.15) is 54.5 Å². The van der Waals surface area contributed by atoms with E-state index in [-0.39, 0.29) is 35.5 Å². The minimum Gasteiger partial charge on any atom is -0.870 e. The zero-order valence-corrected chi connectivity index (χ0v) is 31.9. The standard InChI is InChI=1S/C41H41Cl2F2N3O7.H2O/c42-32-20-46-21-33(43)31(32)19-35(28-11-12-34(55-41(44)45)36(17-28)52-23-25-9-10-25)53-38(49)24-51-30-8-4-7-29(18-30)47-39(27-5-2-1-3-6-27)40(50)54-37-22-48-15-13-26(37)14-16-48;/h1-8,11-12,17-18,20-21,25-26,35,37,39,41,47H,9-10,13-16,19,22-24H2;1H2/t35-,37-,39?;/m0./s1. The number of carbonyl (C=O) groups is 2. The molecule has 1 saturated carbocycles. The van der Waals surface area contributed by atoms with Crippen LogP contribution in [0.25, 0.3) is 0 Å². The Labute approximate surface area is 333 Å². The topological polar surface area (TPSA) is 140 Å². The van der Waals surface area contributed by atoms with Gasteiger partial charge in [0.15, 0.2) is 36.5 Å². The Kier molecular flexibility index (Phi) is 13.9. The molecule has 4 aromatic rings. The van der Waals surface area contributed by atoms with E-state index in [0.29, 0.717) is 51.1 Å². The lowest BCUT2D eigenvalue weighted by Crippen LogP contribution is -2.52. The summed E-state index contributed by atoms with van der Waals surface area (Å²) in [6, 6.07) is 19.9. The number of alkyl halides is 2. The summed E-state index contributed by atoms with van der Waals surface area (Å²) >= 11 is 12.9. The van der Waals surface area contributed by atoms with Gasteiger partial charge in [-0.05, 0) is 86.0 Å². The lowest BCUT2D eigenvalue weighted by molar-refractivity contribution is -0.377. The minimum atomic E-state index is -3.06. The summed E-state index contributed by atoms with van der Waals surface area (Å²) in [6.45, 7) is -0.358. The van der Waals surface area contributed by atoms with Crippen LogP contribution in [-0.2, 0) is 25.5 Å². The molecule has 1 unspecified atom stereocenters. The Hall–Kier alpha value is -4.69. The van der Waals surface area contributed by atoms with E-state index in [1.165, 1.54) is 18.2 Å². The number of nitrogens with zero attached hydrogens (tertiary/aromatic N) is 1. The molecular weight excluding hydrogens is 771 g/mol. The SMILES string of the molecule is O=C(COc1cccc(NC(C(=O)O[C@H]2CN3CCC2CC3)c2ccccc2)c1)O[C@@H](Cc1c(Cl)c[nH+]cc1Cl)c1ccc(OC(F)F)c(OCC2CC2)c1.[OH-]. The van der Waals surface area contributed by atoms with Crippen molar-refractivity contribution in [2.75, 3.05) is 38.2 Å². The number of hydrogen-bond donors (Lipinski definition) is 1. The second kappa shape index (κ2) is 19.0. The molecule has 0 spiro atoms. The molecule has 298 valence electrons. The average Bonchev–Trinajstić information content (AvgIpc) is 4.02. The summed E-state index contributed by atoms with van der Waals surface area (Å²) < 4.78 is 55.0. The van der Waals surface area contributed by atoms with Crippen LogP contribution in [0.5, 0.6) is 17.2 Å². The van der Waals surface area contributed by atoms with Crippen molar-refractivity contribution in [1.29, 1.82) is 0 Å². The number of carbonyl (C=O) groups excluding carboxylic acids is 2. The second-order valence-electron chi connectivity index (χ2n) is 14.1. The number of pyridine rings is 1. The molecule has 4 aliphatic rings. The van der Waals surface area contributed by atoms with E-state index in [1.807, 2.05) is 30.3 Å². The van der Waals surface area contributed by atoms with Crippen LogP contribution in [0.2, 0.25) is 10.0 Å². The Bertz CT molecular complexity index is 1930. The molecule has 3 aromatic carbocycles. The van der Waals surface area contributed by atoms with Crippen LogP contribution in [0.4, 0.5) is 14.5 Å². The quantitative estimate of drug-likeness (QED) is 0.105. The van der Waals surface area contributed by atoms with Gasteiger partial charge in [0.1, 0.15) is 28.0 Å². The van der Waals surface area contributed by atoms with E-state index in [4.69, 9.17) is 46.9 Å². The number of hydrogen-bond acceptors (Lipinski definition) is 10. The number of piperidine rings is 3. The fourth-order valence-electron chi connectivity index (χ4n) is 6.97. The number of aromatic amines is 1. The highest BCUT2D eigenvalue weighted by Gasteiger charge is 2.38. The molecule has 2 bridgehead atoms. The molecule has 3 saturated heterocycles. The Morgan fingerprint density at radius 3 is 2.30 bits per heavy atom. The summed E-state index contributed by atoms with van der Waals surface area (Å²) in [7, 11) is 0. The highest BCUT2D eigenvalue weighted by Crippen LogP contribution is 2.38. The van der Waals surface area contributed by atoms with Gasteiger partial charge in [-0.15, -0.1) is 0 Å². The lowest BCUT2D eigenvalue weighted by Gasteiger charge is -2.44. The number of esters is 2. The maximum atomic E-state index is 13.7. The van der Waals surface area contributed by atoms with Gasteiger partial charge in [-0.25, -0.2) is 14.6 Å². The number of rotatable bonds is 17. The largest absolute Gasteiger partial charge is 0.870 e. The van der Waals surface area contributed by atoms with Gasteiger partial charge >= 0.3 is 18.6 Å². The molecule has 4 fully saturated rings. The van der Waals surface area contributed by atoms with E-state index in [1.54, 1.807) is 36.7 Å². The fourth-order valence-corrected chi connectivity index (χ4v) is 7.50. The first kappa shape index (κ1) is 41.0. The zero-order valence-electron chi connectivity index (χ0n) is 30.4. The zero-order chi connectivity index (χ0) is 38.3. The smallest absolute Gasteiger partial charge is 0.387 e. The van der Waals surface area contributed by atoms with Crippen LogP contribution in [-0.4, -0.2) is 67.9 Å². The van der Waals surface area contributed by atoms with Crippen LogP contribution in [0.15, 0.2) is 85.2 Å². The third-order valence-corrected chi connectivity index (χ3v) is 10.8. The van der Waals surface area contributed by atoms with E-state index in [0.717, 1.165) is 50.9 Å². The van der Waals surface area contributed by atoms with Crippen LogP contribution >= 0.6 is 23.2 Å². The summed E-state index contributed by atoms with van der Waals surface area (Å²) in [6.07, 6.45) is 6.09. The first-order valence-corrected chi connectivity index (χ1v) is 19.2. The van der Waals surface area contributed by atoms with Gasteiger partial charge in [-0.3, -0.25) is 4.90 Å². The van der Waals surface area contributed by atoms with Gasteiger partial charge in [0.05, 0.1) is 6.61 Å². The van der Waals surface area contributed by atoms with Gasteiger partial charge < -0.3 is 34.5 Å². The molecule has 1 aliphatic carbocycles. The fraction of sp³-hybridized carbons (Fsp3) is 0.390. The van der Waals surface area contributed by atoms with Crippen molar-refractivity contribution in [2.45, 2.75) is 57.0 Å². The predicted molar refractivity (Wildman–Crippen MR) is 203 cm³/mol. The van der Waals surface area contributed by atoms with Gasteiger partial charge in [0, 0.05) is 30.3 Å². The predicted octanol–water partition coefficient (Wildman–Crippen LogP) is 7.72. The van der Waals surface area contributed by atoms with Crippen molar-refractivity contribution in [1.82, 2.24) is 4.90 Å². The molecule has 11 nitrogen and oxygen atoms in total. The van der Waals surface area contributed by atoms with E-state index >= 15 is 0 Å². The number of anilines is 1. The monoisotopic (exact) mass is 813 g/mol. The van der Waals surface area contributed by atoms with E-state index in [2.05, 4.69) is 15.2 Å². The number of H-pyrrole nitrogens is 1. The first-order valence-electron chi connectivity index (χ1n) is 18.4. The third-order valence-electron chi connectivity index (χ3n) is 10.1. The van der Waals surface area contributed by atoms with E-state index < -0.39 is 31.3 Å². The van der Waals surface area contributed by atoms with Gasteiger partial charge in [0.2, 0.25) is 0 Å². The van der Waals surface area contributed by atoms with Crippen molar-refractivity contribution < 1.29 is 52.5 Å². The van der Waals surface area contributed by atoms with Gasteiger partial charge in [0.25, 0.3) is 0 Å². The van der Waals surface area contributed by atoms with Crippen LogP contribution in [0.3, 0.4) is 0 Å². The third kappa shape index (κ3) is 10.8. The summed E-state index contributed by atoms with van der Waals surface area (Å²) in [4.78, 5) is 32.3. The second-order valence-corrected chi connectivity index (χ2v) is 14.9.